The van der Waals surface area contributed by atoms with Crippen molar-refractivity contribution in [1.82, 2.24) is 25.1 Å². The molecule has 8 nitrogen and oxygen atoms in total. The van der Waals surface area contributed by atoms with Gasteiger partial charge in [-0.1, -0.05) is 6.42 Å². The van der Waals surface area contributed by atoms with E-state index in [-0.39, 0.29) is 23.9 Å². The molecule has 0 N–H and O–H groups in total. The van der Waals surface area contributed by atoms with E-state index >= 15 is 0 Å². The lowest BCUT2D eigenvalue weighted by Crippen LogP contribution is -2.48. The van der Waals surface area contributed by atoms with Crippen molar-refractivity contribution in [3.8, 4) is 17.2 Å². The standard InChI is InChI=1S/C21H18F3N5O3/c22-12-6-13(9-25-8-12)31-17-4-2-1-3-16(17)29-10-15-14(21(29)30)5-11(7-26-15)19-27-28-20(32-19)18(23)24/h5-9,16-18H,1-4,10H2. The molecule has 0 radical (unpaired) electrons. The maximum absolute atomic E-state index is 13.5. The van der Waals surface area contributed by atoms with Gasteiger partial charge in [0.05, 0.1) is 41.8 Å². The van der Waals surface area contributed by atoms with E-state index in [0.717, 1.165) is 31.9 Å². The monoisotopic (exact) mass is 445 g/mol. The van der Waals surface area contributed by atoms with Gasteiger partial charge in [0.2, 0.25) is 5.89 Å². The lowest BCUT2D eigenvalue weighted by molar-refractivity contribution is 0.0294. The van der Waals surface area contributed by atoms with Gasteiger partial charge in [0.25, 0.3) is 11.8 Å². The number of halogens is 3. The molecule has 1 saturated carbocycles. The molecule has 0 saturated heterocycles. The summed E-state index contributed by atoms with van der Waals surface area (Å²) >= 11 is 0. The molecule has 1 aliphatic heterocycles. The third-order valence-electron chi connectivity index (χ3n) is 5.69. The van der Waals surface area contributed by atoms with E-state index in [0.29, 0.717) is 29.1 Å². The number of ether oxygens (including phenoxy) is 1. The molecule has 166 valence electrons. The first-order chi connectivity index (χ1) is 15.5. The van der Waals surface area contributed by atoms with Gasteiger partial charge in [-0.3, -0.25) is 14.8 Å². The Morgan fingerprint density at radius 3 is 2.75 bits per heavy atom. The van der Waals surface area contributed by atoms with Crippen molar-refractivity contribution in [2.45, 2.75) is 50.8 Å². The summed E-state index contributed by atoms with van der Waals surface area (Å²) in [5.41, 5.74) is 1.22. The van der Waals surface area contributed by atoms with E-state index in [1.807, 2.05) is 0 Å². The molecule has 1 aliphatic carbocycles. The molecule has 11 heteroatoms. The number of aromatic nitrogens is 4. The zero-order chi connectivity index (χ0) is 22.2. The Morgan fingerprint density at radius 2 is 1.97 bits per heavy atom. The summed E-state index contributed by atoms with van der Waals surface area (Å²) in [5.74, 6) is -1.33. The Hall–Kier alpha value is -3.50. The van der Waals surface area contributed by atoms with E-state index in [2.05, 4.69) is 20.2 Å². The number of carbonyl (C=O) groups is 1. The van der Waals surface area contributed by atoms with Crippen LogP contribution in [0.2, 0.25) is 0 Å². The molecule has 2 unspecified atom stereocenters. The number of hydrogen-bond acceptors (Lipinski definition) is 7. The summed E-state index contributed by atoms with van der Waals surface area (Å²) in [7, 11) is 0. The summed E-state index contributed by atoms with van der Waals surface area (Å²) in [6.45, 7) is 0.298. The van der Waals surface area contributed by atoms with Gasteiger partial charge in [0.1, 0.15) is 17.7 Å². The fraction of sp³-hybridized carbons (Fsp3) is 0.381. The predicted octanol–water partition coefficient (Wildman–Crippen LogP) is 3.95. The normalized spacial score (nSPS) is 20.6. The Bertz CT molecular complexity index is 1160. The van der Waals surface area contributed by atoms with Crippen LogP contribution in [0.4, 0.5) is 13.2 Å². The second kappa shape index (κ2) is 8.21. The molecular formula is C21H18F3N5O3. The Morgan fingerprint density at radius 1 is 1.12 bits per heavy atom. The minimum absolute atomic E-state index is 0.126. The lowest BCUT2D eigenvalue weighted by Gasteiger charge is -2.37. The largest absolute Gasteiger partial charge is 0.487 e. The third-order valence-corrected chi connectivity index (χ3v) is 5.69. The fourth-order valence-corrected chi connectivity index (χ4v) is 4.22. The Labute approximate surface area is 180 Å². The van der Waals surface area contributed by atoms with Gasteiger partial charge in [0.15, 0.2) is 0 Å². The van der Waals surface area contributed by atoms with E-state index in [1.54, 1.807) is 4.90 Å². The molecule has 3 aromatic heterocycles. The Kier molecular flexibility index (Phi) is 5.24. The highest BCUT2D eigenvalue weighted by molar-refractivity contribution is 5.99. The van der Waals surface area contributed by atoms with Crippen LogP contribution in [0.15, 0.2) is 35.1 Å². The SMILES string of the molecule is O=C1c2cc(-c3nnc(C(F)F)o3)cnc2CN1C1CCCCC1Oc1cncc(F)c1. The molecule has 0 bridgehead atoms. The number of rotatable bonds is 5. The molecule has 1 fully saturated rings. The van der Waals surface area contributed by atoms with Crippen LogP contribution in [0, 0.1) is 5.82 Å². The molecule has 32 heavy (non-hydrogen) atoms. The van der Waals surface area contributed by atoms with Crippen molar-refractivity contribution in [2.24, 2.45) is 0 Å². The van der Waals surface area contributed by atoms with Gasteiger partial charge in [-0.25, -0.2) is 4.39 Å². The number of amides is 1. The van der Waals surface area contributed by atoms with Gasteiger partial charge in [-0.15, -0.1) is 10.2 Å². The number of nitrogens with zero attached hydrogens (tertiary/aromatic N) is 5. The minimum Gasteiger partial charge on any atom is -0.487 e. The molecule has 2 atom stereocenters. The van der Waals surface area contributed by atoms with Crippen LogP contribution < -0.4 is 4.74 Å². The van der Waals surface area contributed by atoms with E-state index in [1.165, 1.54) is 24.5 Å². The van der Waals surface area contributed by atoms with Gasteiger partial charge in [0, 0.05) is 12.3 Å². The van der Waals surface area contributed by atoms with Gasteiger partial charge in [-0.2, -0.15) is 8.78 Å². The smallest absolute Gasteiger partial charge is 0.314 e. The van der Waals surface area contributed by atoms with Crippen LogP contribution >= 0.6 is 0 Å². The van der Waals surface area contributed by atoms with Crippen molar-refractivity contribution < 1.29 is 27.1 Å². The quantitative estimate of drug-likeness (QED) is 0.587. The predicted molar refractivity (Wildman–Crippen MR) is 103 cm³/mol. The van der Waals surface area contributed by atoms with Crippen LogP contribution in [0.5, 0.6) is 5.75 Å². The van der Waals surface area contributed by atoms with E-state index in [9.17, 15) is 18.0 Å². The molecule has 4 heterocycles. The van der Waals surface area contributed by atoms with Crippen molar-refractivity contribution >= 4 is 5.91 Å². The van der Waals surface area contributed by atoms with Gasteiger partial charge in [-0.05, 0) is 25.3 Å². The van der Waals surface area contributed by atoms with Crippen LogP contribution in [-0.4, -0.2) is 43.1 Å². The molecule has 0 spiro atoms. The summed E-state index contributed by atoms with van der Waals surface area (Å²) in [5, 5.41) is 6.93. The van der Waals surface area contributed by atoms with Crippen LogP contribution in [0.1, 0.15) is 54.1 Å². The fourth-order valence-electron chi connectivity index (χ4n) is 4.22. The molecule has 5 rings (SSSR count). The highest BCUT2D eigenvalue weighted by atomic mass is 19.3. The van der Waals surface area contributed by atoms with Crippen molar-refractivity contribution in [3.05, 3.63) is 53.7 Å². The first kappa shape index (κ1) is 20.4. The summed E-state index contributed by atoms with van der Waals surface area (Å²) in [6, 6.07) is 2.58. The molecule has 0 aromatic carbocycles. The first-order valence-electron chi connectivity index (χ1n) is 10.2. The zero-order valence-electron chi connectivity index (χ0n) is 16.7. The van der Waals surface area contributed by atoms with Crippen molar-refractivity contribution in [2.75, 3.05) is 0 Å². The first-order valence-corrected chi connectivity index (χ1v) is 10.2. The van der Waals surface area contributed by atoms with Crippen LogP contribution in [-0.2, 0) is 6.54 Å². The average Bonchev–Trinajstić information content (AvgIpc) is 3.40. The summed E-state index contributed by atoms with van der Waals surface area (Å²) < 4.78 is 50.0. The second-order valence-electron chi connectivity index (χ2n) is 7.74. The highest BCUT2D eigenvalue weighted by Crippen LogP contribution is 2.34. The summed E-state index contributed by atoms with van der Waals surface area (Å²) in [6.07, 6.45) is 4.10. The topological polar surface area (TPSA) is 94.2 Å². The number of pyridine rings is 2. The van der Waals surface area contributed by atoms with Gasteiger partial charge < -0.3 is 14.1 Å². The number of hydrogen-bond donors (Lipinski definition) is 0. The zero-order valence-corrected chi connectivity index (χ0v) is 16.7. The van der Waals surface area contributed by atoms with Crippen molar-refractivity contribution in [1.29, 1.82) is 0 Å². The Balaban J connectivity index is 1.38. The van der Waals surface area contributed by atoms with E-state index in [4.69, 9.17) is 9.15 Å². The van der Waals surface area contributed by atoms with Crippen LogP contribution in [0.25, 0.3) is 11.5 Å². The van der Waals surface area contributed by atoms with Crippen molar-refractivity contribution in [3.63, 3.8) is 0 Å². The average molecular weight is 445 g/mol. The number of carbonyl (C=O) groups excluding carboxylic acids is 1. The molecule has 1 amide bonds. The van der Waals surface area contributed by atoms with E-state index < -0.39 is 18.1 Å². The number of alkyl halides is 2. The number of fused-ring (bicyclic) bond motifs is 1. The van der Waals surface area contributed by atoms with Gasteiger partial charge >= 0.3 is 6.43 Å². The highest BCUT2D eigenvalue weighted by Gasteiger charge is 2.40. The summed E-state index contributed by atoms with van der Waals surface area (Å²) in [4.78, 5) is 23.1. The third kappa shape index (κ3) is 3.78. The molecule has 2 aliphatic rings. The second-order valence-corrected chi connectivity index (χ2v) is 7.74. The van der Waals surface area contributed by atoms with Crippen LogP contribution in [0.3, 0.4) is 0 Å². The molecule has 3 aromatic rings. The molecular weight excluding hydrogens is 427 g/mol. The maximum atomic E-state index is 13.5. The minimum atomic E-state index is -2.88. The maximum Gasteiger partial charge on any atom is 0.314 e. The lowest BCUT2D eigenvalue weighted by atomic mass is 9.91.